The van der Waals surface area contributed by atoms with Gasteiger partial charge in [-0.2, -0.15) is 0 Å². The SMILES string of the molecule is COc1ccc(Cl)cc1-c1nc(S/C(=C\c2ccc3c(c2)OCCO3)C(=O)O)n[nH]1. The lowest BCUT2D eigenvalue weighted by atomic mass is 10.2. The van der Waals surface area contributed by atoms with E-state index in [1.807, 2.05) is 0 Å². The Bertz CT molecular complexity index is 1130. The Balaban J connectivity index is 1.60. The fourth-order valence-electron chi connectivity index (χ4n) is 2.81. The van der Waals surface area contributed by atoms with Crippen molar-refractivity contribution in [1.82, 2.24) is 15.2 Å². The van der Waals surface area contributed by atoms with Gasteiger partial charge in [0, 0.05) is 5.02 Å². The van der Waals surface area contributed by atoms with E-state index in [0.29, 0.717) is 52.4 Å². The number of nitrogens with zero attached hydrogens (tertiary/aromatic N) is 2. The molecular formula is C20H16ClN3O5S. The van der Waals surface area contributed by atoms with E-state index in [-0.39, 0.29) is 10.1 Å². The number of methoxy groups -OCH3 is 1. The Morgan fingerprint density at radius 2 is 2.03 bits per heavy atom. The molecule has 4 rings (SSSR count). The summed E-state index contributed by atoms with van der Waals surface area (Å²) < 4.78 is 16.4. The third-order valence-electron chi connectivity index (χ3n) is 4.16. The molecule has 3 aromatic rings. The number of hydrogen-bond donors (Lipinski definition) is 2. The number of carboxylic acids is 1. The number of hydrogen-bond acceptors (Lipinski definition) is 7. The van der Waals surface area contributed by atoms with E-state index < -0.39 is 5.97 Å². The van der Waals surface area contributed by atoms with Gasteiger partial charge in [0.25, 0.3) is 0 Å². The van der Waals surface area contributed by atoms with E-state index in [9.17, 15) is 9.90 Å². The van der Waals surface area contributed by atoms with Gasteiger partial charge in [0.15, 0.2) is 17.3 Å². The van der Waals surface area contributed by atoms with E-state index in [1.54, 1.807) is 36.4 Å². The van der Waals surface area contributed by atoms with Crippen molar-refractivity contribution in [2.45, 2.75) is 5.16 Å². The number of aromatic amines is 1. The number of fused-ring (bicyclic) bond motifs is 1. The number of aromatic nitrogens is 3. The summed E-state index contributed by atoms with van der Waals surface area (Å²) in [4.78, 5) is 16.2. The maximum absolute atomic E-state index is 11.8. The van der Waals surface area contributed by atoms with Crippen LogP contribution in [-0.4, -0.2) is 46.6 Å². The van der Waals surface area contributed by atoms with Gasteiger partial charge in [-0.15, -0.1) is 5.10 Å². The third kappa shape index (κ3) is 4.37. The van der Waals surface area contributed by atoms with Gasteiger partial charge in [-0.3, -0.25) is 5.10 Å². The fourth-order valence-corrected chi connectivity index (χ4v) is 3.69. The smallest absolute Gasteiger partial charge is 0.342 e. The standard InChI is InChI=1S/C20H16ClN3O5S/c1-27-14-5-3-12(21)10-13(14)18-22-20(24-23-18)30-17(19(25)26)9-11-2-4-15-16(8-11)29-7-6-28-15/h2-5,8-10H,6-7H2,1H3,(H,25,26)(H,22,23,24)/b17-9-. The molecule has 2 aromatic carbocycles. The predicted molar refractivity (Wildman–Crippen MR) is 112 cm³/mol. The second-order valence-electron chi connectivity index (χ2n) is 6.13. The van der Waals surface area contributed by atoms with Crippen LogP contribution in [-0.2, 0) is 4.79 Å². The van der Waals surface area contributed by atoms with Crippen molar-refractivity contribution >= 4 is 35.4 Å². The molecule has 154 valence electrons. The number of benzene rings is 2. The van der Waals surface area contributed by atoms with Crippen molar-refractivity contribution in [2.75, 3.05) is 20.3 Å². The summed E-state index contributed by atoms with van der Waals surface area (Å²) in [6, 6.07) is 10.4. The second kappa shape index (κ2) is 8.68. The Kier molecular flexibility index (Phi) is 5.82. The lowest BCUT2D eigenvalue weighted by molar-refractivity contribution is -0.131. The van der Waals surface area contributed by atoms with Crippen LogP contribution in [0.5, 0.6) is 17.2 Å². The summed E-state index contributed by atoms with van der Waals surface area (Å²) in [5, 5.41) is 17.3. The molecule has 2 N–H and O–H groups in total. The number of thioether (sulfide) groups is 1. The number of ether oxygens (including phenoxy) is 3. The summed E-state index contributed by atoms with van der Waals surface area (Å²) >= 11 is 6.99. The van der Waals surface area contributed by atoms with Crippen LogP contribution in [0, 0.1) is 0 Å². The third-order valence-corrected chi connectivity index (χ3v) is 5.27. The highest BCUT2D eigenvalue weighted by Crippen LogP contribution is 2.34. The van der Waals surface area contributed by atoms with E-state index in [2.05, 4.69) is 15.2 Å². The van der Waals surface area contributed by atoms with Gasteiger partial charge in [0.05, 0.1) is 12.7 Å². The number of carboxylic acid groups (broad SMARTS) is 1. The first-order valence-corrected chi connectivity index (χ1v) is 10.0. The highest BCUT2D eigenvalue weighted by atomic mass is 35.5. The van der Waals surface area contributed by atoms with Crippen molar-refractivity contribution < 1.29 is 24.1 Å². The lowest BCUT2D eigenvalue weighted by Crippen LogP contribution is -2.15. The van der Waals surface area contributed by atoms with Gasteiger partial charge in [-0.1, -0.05) is 17.7 Å². The molecule has 0 bridgehead atoms. The van der Waals surface area contributed by atoms with Gasteiger partial charge in [0.2, 0.25) is 5.16 Å². The van der Waals surface area contributed by atoms with Crippen LogP contribution in [0.25, 0.3) is 17.5 Å². The summed E-state index contributed by atoms with van der Waals surface area (Å²) in [7, 11) is 1.54. The molecule has 0 saturated carbocycles. The molecule has 0 aliphatic carbocycles. The van der Waals surface area contributed by atoms with Crippen molar-refractivity contribution in [3.05, 3.63) is 51.9 Å². The summed E-state index contributed by atoms with van der Waals surface area (Å²) in [5.74, 6) is 1.11. The van der Waals surface area contributed by atoms with Crippen molar-refractivity contribution in [3.8, 4) is 28.6 Å². The lowest BCUT2D eigenvalue weighted by Gasteiger charge is -2.18. The van der Waals surface area contributed by atoms with Gasteiger partial charge in [-0.25, -0.2) is 9.78 Å². The van der Waals surface area contributed by atoms with E-state index in [0.717, 1.165) is 11.8 Å². The summed E-state index contributed by atoms with van der Waals surface area (Å²) in [5.41, 5.74) is 1.29. The molecule has 1 aromatic heterocycles. The van der Waals surface area contributed by atoms with E-state index >= 15 is 0 Å². The van der Waals surface area contributed by atoms with Gasteiger partial charge in [0.1, 0.15) is 23.9 Å². The van der Waals surface area contributed by atoms with Gasteiger partial charge >= 0.3 is 5.97 Å². The van der Waals surface area contributed by atoms with Gasteiger partial charge in [-0.05, 0) is 53.7 Å². The zero-order chi connectivity index (χ0) is 21.1. The molecular weight excluding hydrogens is 430 g/mol. The first kappa shape index (κ1) is 20.1. The normalized spacial score (nSPS) is 13.2. The zero-order valence-electron chi connectivity index (χ0n) is 15.7. The number of rotatable bonds is 6. The fraction of sp³-hybridized carbons (Fsp3) is 0.150. The van der Waals surface area contributed by atoms with Crippen LogP contribution in [0.15, 0.2) is 46.5 Å². The predicted octanol–water partition coefficient (Wildman–Crippen LogP) is 4.12. The molecule has 8 nitrogen and oxygen atoms in total. The number of aliphatic carboxylic acids is 1. The van der Waals surface area contributed by atoms with Crippen molar-refractivity contribution in [3.63, 3.8) is 0 Å². The minimum atomic E-state index is -1.10. The van der Waals surface area contributed by atoms with Gasteiger partial charge < -0.3 is 19.3 Å². The number of H-pyrrole nitrogens is 1. The maximum Gasteiger partial charge on any atom is 0.342 e. The molecule has 0 fully saturated rings. The van der Waals surface area contributed by atoms with Crippen molar-refractivity contribution in [2.24, 2.45) is 0 Å². The molecule has 0 saturated heterocycles. The molecule has 10 heteroatoms. The summed E-state index contributed by atoms with van der Waals surface area (Å²) in [6.45, 7) is 0.941. The highest BCUT2D eigenvalue weighted by molar-refractivity contribution is 8.04. The molecule has 30 heavy (non-hydrogen) atoms. The monoisotopic (exact) mass is 445 g/mol. The Hall–Kier alpha value is -3.17. The van der Waals surface area contributed by atoms with Crippen LogP contribution < -0.4 is 14.2 Å². The Morgan fingerprint density at radius 1 is 1.23 bits per heavy atom. The molecule has 0 radical (unpaired) electrons. The van der Waals surface area contributed by atoms with Crippen LogP contribution >= 0.6 is 23.4 Å². The molecule has 2 heterocycles. The molecule has 1 aliphatic heterocycles. The van der Waals surface area contributed by atoms with E-state index in [4.69, 9.17) is 25.8 Å². The van der Waals surface area contributed by atoms with Crippen LogP contribution in [0.2, 0.25) is 5.02 Å². The summed E-state index contributed by atoms with van der Waals surface area (Å²) in [6.07, 6.45) is 1.53. The molecule has 0 atom stereocenters. The molecule has 0 spiro atoms. The Morgan fingerprint density at radius 3 is 2.80 bits per heavy atom. The largest absolute Gasteiger partial charge is 0.496 e. The zero-order valence-corrected chi connectivity index (χ0v) is 17.3. The average molecular weight is 446 g/mol. The minimum absolute atomic E-state index is 0.0512. The molecule has 0 unspecified atom stereocenters. The topological polar surface area (TPSA) is 107 Å². The number of halogens is 1. The highest BCUT2D eigenvalue weighted by Gasteiger charge is 2.17. The van der Waals surface area contributed by atoms with Crippen molar-refractivity contribution in [1.29, 1.82) is 0 Å². The first-order valence-electron chi connectivity index (χ1n) is 8.82. The first-order chi connectivity index (χ1) is 14.5. The number of carbonyl (C=O) groups is 1. The van der Waals surface area contributed by atoms with Crippen LogP contribution in [0.4, 0.5) is 0 Å². The average Bonchev–Trinajstić information content (AvgIpc) is 3.21. The Labute approximate surface area is 180 Å². The van der Waals surface area contributed by atoms with Crippen LogP contribution in [0.3, 0.4) is 0 Å². The maximum atomic E-state index is 11.8. The second-order valence-corrected chi connectivity index (χ2v) is 7.58. The minimum Gasteiger partial charge on any atom is -0.496 e. The number of nitrogens with one attached hydrogen (secondary N) is 1. The quantitative estimate of drug-likeness (QED) is 0.431. The van der Waals surface area contributed by atoms with Crippen LogP contribution in [0.1, 0.15) is 5.56 Å². The molecule has 1 aliphatic rings. The molecule has 0 amide bonds. The van der Waals surface area contributed by atoms with E-state index in [1.165, 1.54) is 13.2 Å².